The van der Waals surface area contributed by atoms with Crippen molar-refractivity contribution in [2.75, 3.05) is 0 Å². The molecule has 3 atom stereocenters. The Bertz CT molecular complexity index is 516. The zero-order valence-corrected chi connectivity index (χ0v) is 19.7. The highest BCUT2D eigenvalue weighted by Crippen LogP contribution is 2.16. The van der Waals surface area contributed by atoms with E-state index in [0.29, 0.717) is 12.8 Å². The van der Waals surface area contributed by atoms with Gasteiger partial charge < -0.3 is 20.9 Å². The number of hydrogen-bond donors (Lipinski definition) is 3. The fraction of sp³-hybridized carbons (Fsp3) is 0.870. The number of hydrogen-bond acceptors (Lipinski definition) is 5. The van der Waals surface area contributed by atoms with Crippen LogP contribution in [0, 0.1) is 5.92 Å². The molecule has 0 radical (unpaired) electrons. The number of carboxylic acids is 1. The minimum Gasteiger partial charge on any atom is -0.480 e. The lowest BCUT2D eigenvalue weighted by Gasteiger charge is -2.26. The van der Waals surface area contributed by atoms with Crippen LogP contribution < -0.4 is 11.1 Å². The number of carbonyl (C=O) groups is 3. The lowest BCUT2D eigenvalue weighted by molar-refractivity contribution is -0.138. The molecule has 0 saturated heterocycles. The van der Waals surface area contributed by atoms with Crippen LogP contribution in [0.1, 0.15) is 105 Å². The Morgan fingerprint density at radius 3 is 1.93 bits per heavy atom. The number of Topliss-reactive ketones (excluding diaryl/α,β-unsaturated/α-hetero) is 1. The van der Waals surface area contributed by atoms with Gasteiger partial charge in [-0.15, -0.1) is 0 Å². The summed E-state index contributed by atoms with van der Waals surface area (Å²) in [5.41, 5.74) is 4.89. The van der Waals surface area contributed by atoms with E-state index in [0.717, 1.165) is 57.8 Å². The van der Waals surface area contributed by atoms with E-state index in [4.69, 9.17) is 15.6 Å². The van der Waals surface area contributed by atoms with Crippen molar-refractivity contribution in [1.29, 1.82) is 0 Å². The third-order valence-electron chi connectivity index (χ3n) is 5.24. The molecule has 1 unspecified atom stereocenters. The van der Waals surface area contributed by atoms with E-state index in [1.54, 1.807) is 20.8 Å². The molecule has 0 aromatic carbocycles. The van der Waals surface area contributed by atoms with Crippen LogP contribution in [0.15, 0.2) is 0 Å². The molecule has 7 nitrogen and oxygen atoms in total. The van der Waals surface area contributed by atoms with Crippen molar-refractivity contribution in [3.05, 3.63) is 0 Å². The molecule has 176 valence electrons. The first-order valence-corrected chi connectivity index (χ1v) is 11.5. The summed E-state index contributed by atoms with van der Waals surface area (Å²) in [7, 11) is 0. The summed E-state index contributed by atoms with van der Waals surface area (Å²) in [4.78, 5) is 35.3. The van der Waals surface area contributed by atoms with Gasteiger partial charge in [0.2, 0.25) is 0 Å². The number of ether oxygens (including phenoxy) is 1. The number of nitrogens with two attached hydrogens (primary N) is 1. The predicted octanol–water partition coefficient (Wildman–Crippen LogP) is 4.81. The monoisotopic (exact) mass is 428 g/mol. The van der Waals surface area contributed by atoms with Gasteiger partial charge in [0.25, 0.3) is 0 Å². The Morgan fingerprint density at radius 2 is 1.47 bits per heavy atom. The second-order valence-corrected chi connectivity index (χ2v) is 9.29. The summed E-state index contributed by atoms with van der Waals surface area (Å²) in [6.45, 7) is 9.40. The van der Waals surface area contributed by atoms with Crippen LogP contribution in [0.3, 0.4) is 0 Å². The van der Waals surface area contributed by atoms with Gasteiger partial charge in [0.1, 0.15) is 11.6 Å². The van der Waals surface area contributed by atoms with E-state index < -0.39 is 29.7 Å². The Morgan fingerprint density at radius 1 is 0.967 bits per heavy atom. The van der Waals surface area contributed by atoms with Crippen molar-refractivity contribution in [2.24, 2.45) is 11.7 Å². The van der Waals surface area contributed by atoms with E-state index >= 15 is 0 Å². The van der Waals surface area contributed by atoms with Crippen molar-refractivity contribution < 1.29 is 24.2 Å². The molecule has 0 aliphatic carbocycles. The summed E-state index contributed by atoms with van der Waals surface area (Å²) in [5, 5.41) is 11.5. The van der Waals surface area contributed by atoms with Crippen molar-refractivity contribution in [3.8, 4) is 0 Å². The zero-order valence-electron chi connectivity index (χ0n) is 19.7. The summed E-state index contributed by atoms with van der Waals surface area (Å²) in [6, 6.07) is -1.24. The highest BCUT2D eigenvalue weighted by molar-refractivity contribution is 5.87. The second-order valence-electron chi connectivity index (χ2n) is 9.29. The fourth-order valence-corrected chi connectivity index (χ4v) is 3.21. The van der Waals surface area contributed by atoms with E-state index in [1.807, 2.05) is 13.8 Å². The number of ketones is 1. The Labute approximate surface area is 182 Å². The fourth-order valence-electron chi connectivity index (χ4n) is 3.21. The molecule has 0 aliphatic heterocycles. The van der Waals surface area contributed by atoms with E-state index in [9.17, 15) is 14.4 Å². The molecule has 7 heteroatoms. The topological polar surface area (TPSA) is 119 Å². The van der Waals surface area contributed by atoms with Gasteiger partial charge in [0.15, 0.2) is 5.78 Å². The van der Waals surface area contributed by atoms with Crippen LogP contribution in [-0.2, 0) is 14.3 Å². The molecular weight excluding hydrogens is 384 g/mol. The van der Waals surface area contributed by atoms with Crippen LogP contribution >= 0.6 is 0 Å². The number of carboxylic acid groups (broad SMARTS) is 1. The average molecular weight is 429 g/mol. The number of unbranched alkanes of at least 4 members (excludes halogenated alkanes) is 7. The number of alkyl carbamates (subject to hydrolysis) is 1. The molecule has 30 heavy (non-hydrogen) atoms. The van der Waals surface area contributed by atoms with Crippen molar-refractivity contribution in [3.63, 3.8) is 0 Å². The number of aliphatic carboxylic acids is 1. The van der Waals surface area contributed by atoms with Crippen LogP contribution in [0.5, 0.6) is 0 Å². The molecule has 0 spiro atoms. The van der Waals surface area contributed by atoms with Gasteiger partial charge in [-0.2, -0.15) is 0 Å². The first-order valence-electron chi connectivity index (χ1n) is 11.5. The molecule has 0 saturated carbocycles. The van der Waals surface area contributed by atoms with Gasteiger partial charge in [-0.05, 0) is 39.5 Å². The standard InChI is InChI=1S/C23H44N2O5/c1-6-17(2)20(25-22(29)30-23(3,4)5)19(26)16-14-12-10-8-7-9-11-13-15-18(24)21(27)28/h17-18,20H,6-16,24H2,1-5H3,(H,25,29)(H,27,28)/t17-,18?,20-/m0/s1. The van der Waals surface area contributed by atoms with Gasteiger partial charge in [0, 0.05) is 6.42 Å². The van der Waals surface area contributed by atoms with E-state index in [1.165, 1.54) is 0 Å². The Kier molecular flexibility index (Phi) is 14.4. The molecule has 0 fully saturated rings. The summed E-state index contributed by atoms with van der Waals surface area (Å²) >= 11 is 0. The van der Waals surface area contributed by atoms with Gasteiger partial charge in [-0.1, -0.05) is 65.2 Å². The predicted molar refractivity (Wildman–Crippen MR) is 119 cm³/mol. The number of rotatable bonds is 16. The molecule has 0 heterocycles. The molecule has 0 aromatic rings. The quantitative estimate of drug-likeness (QED) is 0.304. The van der Waals surface area contributed by atoms with Gasteiger partial charge >= 0.3 is 12.1 Å². The highest BCUT2D eigenvalue weighted by atomic mass is 16.6. The zero-order chi connectivity index (χ0) is 23.2. The maximum absolute atomic E-state index is 12.6. The maximum Gasteiger partial charge on any atom is 0.408 e. The van der Waals surface area contributed by atoms with Gasteiger partial charge in [0.05, 0.1) is 6.04 Å². The van der Waals surface area contributed by atoms with Crippen molar-refractivity contribution in [1.82, 2.24) is 5.32 Å². The largest absolute Gasteiger partial charge is 0.480 e. The lowest BCUT2D eigenvalue weighted by Crippen LogP contribution is -2.46. The maximum atomic E-state index is 12.6. The van der Waals surface area contributed by atoms with Crippen molar-refractivity contribution in [2.45, 2.75) is 123 Å². The summed E-state index contributed by atoms with van der Waals surface area (Å²) in [5.74, 6) is -0.786. The lowest BCUT2D eigenvalue weighted by atomic mass is 9.92. The van der Waals surface area contributed by atoms with Crippen molar-refractivity contribution >= 4 is 17.8 Å². The van der Waals surface area contributed by atoms with Crippen LogP contribution in [-0.4, -0.2) is 40.6 Å². The Hall–Kier alpha value is -1.63. The molecule has 0 aromatic heterocycles. The summed E-state index contributed by atoms with van der Waals surface area (Å²) in [6.07, 6.45) is 9.35. The SMILES string of the molecule is CC[C@H](C)[C@H](NC(=O)OC(C)(C)C)C(=O)CCCCCCCCCCC(N)C(=O)O. The van der Waals surface area contributed by atoms with Gasteiger partial charge in [-0.3, -0.25) is 9.59 Å². The number of carbonyl (C=O) groups excluding carboxylic acids is 2. The van der Waals surface area contributed by atoms with Gasteiger partial charge in [-0.25, -0.2) is 4.79 Å². The minimum atomic E-state index is -0.929. The summed E-state index contributed by atoms with van der Waals surface area (Å²) < 4.78 is 5.30. The molecule has 0 aliphatic rings. The molecule has 0 rings (SSSR count). The third kappa shape index (κ3) is 14.4. The second kappa shape index (κ2) is 15.2. The van der Waals surface area contributed by atoms with E-state index in [-0.39, 0.29) is 11.7 Å². The van der Waals surface area contributed by atoms with Crippen LogP contribution in [0.2, 0.25) is 0 Å². The first-order chi connectivity index (χ1) is 14.0. The molecule has 0 bridgehead atoms. The molecule has 4 N–H and O–H groups in total. The minimum absolute atomic E-state index is 0.0688. The Balaban J connectivity index is 4.01. The average Bonchev–Trinajstić information content (AvgIpc) is 2.64. The normalized spacial score (nSPS) is 14.6. The smallest absolute Gasteiger partial charge is 0.408 e. The molecular formula is C23H44N2O5. The van der Waals surface area contributed by atoms with Crippen LogP contribution in [0.4, 0.5) is 4.79 Å². The molecule has 1 amide bonds. The van der Waals surface area contributed by atoms with E-state index in [2.05, 4.69) is 5.32 Å². The van der Waals surface area contributed by atoms with Crippen LogP contribution in [0.25, 0.3) is 0 Å². The number of amides is 1. The number of nitrogens with one attached hydrogen (secondary N) is 1. The highest BCUT2D eigenvalue weighted by Gasteiger charge is 2.27. The third-order valence-corrected chi connectivity index (χ3v) is 5.24. The first kappa shape index (κ1) is 28.4.